The highest BCUT2D eigenvalue weighted by atomic mass is 16.3. The van der Waals surface area contributed by atoms with Crippen LogP contribution in [0.15, 0.2) is 24.5 Å². The van der Waals surface area contributed by atoms with Crippen molar-refractivity contribution >= 4 is 5.82 Å². The molecule has 0 atom stereocenters. The van der Waals surface area contributed by atoms with Crippen molar-refractivity contribution < 1.29 is 5.11 Å². The molecule has 2 aromatic rings. The van der Waals surface area contributed by atoms with Gasteiger partial charge in [0.1, 0.15) is 5.82 Å². The van der Waals surface area contributed by atoms with Crippen LogP contribution in [-0.4, -0.2) is 31.3 Å². The van der Waals surface area contributed by atoms with Crippen molar-refractivity contribution in [1.29, 1.82) is 0 Å². The van der Waals surface area contributed by atoms with Gasteiger partial charge in [-0.15, -0.1) is 0 Å². The first-order chi connectivity index (χ1) is 8.31. The summed E-state index contributed by atoms with van der Waals surface area (Å²) in [5.74, 6) is 0.796. The molecule has 0 aromatic carbocycles. The van der Waals surface area contributed by atoms with Crippen molar-refractivity contribution in [2.75, 3.05) is 11.9 Å². The van der Waals surface area contributed by atoms with E-state index in [2.05, 4.69) is 22.4 Å². The van der Waals surface area contributed by atoms with Crippen LogP contribution in [0, 0.1) is 0 Å². The second-order valence-corrected chi connectivity index (χ2v) is 3.70. The van der Waals surface area contributed by atoms with E-state index in [4.69, 9.17) is 5.11 Å². The lowest BCUT2D eigenvalue weighted by molar-refractivity contribution is 0.269. The van der Waals surface area contributed by atoms with Gasteiger partial charge in [0.05, 0.1) is 25.4 Å². The van der Waals surface area contributed by atoms with E-state index >= 15 is 0 Å². The number of aryl methyl sites for hydroxylation is 1. The molecule has 0 saturated heterocycles. The zero-order chi connectivity index (χ0) is 12.1. The van der Waals surface area contributed by atoms with E-state index in [0.717, 1.165) is 18.1 Å². The Kier molecular flexibility index (Phi) is 3.77. The Balaban J connectivity index is 1.88. The summed E-state index contributed by atoms with van der Waals surface area (Å²) in [6, 6.07) is 3.87. The number of aromatic nitrogens is 4. The van der Waals surface area contributed by atoms with Crippen molar-refractivity contribution in [2.24, 2.45) is 0 Å². The predicted octanol–water partition coefficient (Wildman–Crippen LogP) is 0.704. The number of hydrogen-bond acceptors (Lipinski definition) is 4. The lowest BCUT2D eigenvalue weighted by Crippen LogP contribution is -2.05. The van der Waals surface area contributed by atoms with Gasteiger partial charge in [-0.25, -0.2) is 0 Å². The molecule has 6 nitrogen and oxygen atoms in total. The zero-order valence-corrected chi connectivity index (χ0v) is 9.87. The molecule has 0 saturated carbocycles. The summed E-state index contributed by atoms with van der Waals surface area (Å²) in [6.07, 6.45) is 3.80. The van der Waals surface area contributed by atoms with E-state index in [1.807, 2.05) is 29.2 Å². The molecule has 2 rings (SSSR count). The molecule has 0 aliphatic rings. The lowest BCUT2D eigenvalue weighted by Gasteiger charge is -2.00. The number of anilines is 1. The summed E-state index contributed by atoms with van der Waals surface area (Å²) >= 11 is 0. The Morgan fingerprint density at radius 2 is 2.06 bits per heavy atom. The molecule has 6 heteroatoms. The summed E-state index contributed by atoms with van der Waals surface area (Å²) in [4.78, 5) is 0. The van der Waals surface area contributed by atoms with Crippen molar-refractivity contribution in [2.45, 2.75) is 26.6 Å². The smallest absolute Gasteiger partial charge is 0.148 e. The normalized spacial score (nSPS) is 10.7. The largest absolute Gasteiger partial charge is 0.394 e. The minimum absolute atomic E-state index is 0.0992. The maximum absolute atomic E-state index is 8.77. The molecule has 92 valence electrons. The third-order valence-corrected chi connectivity index (χ3v) is 2.44. The van der Waals surface area contributed by atoms with Gasteiger partial charge in [-0.3, -0.25) is 9.36 Å². The lowest BCUT2D eigenvalue weighted by atomic mass is 10.4. The van der Waals surface area contributed by atoms with Gasteiger partial charge in [-0.2, -0.15) is 10.2 Å². The van der Waals surface area contributed by atoms with Crippen molar-refractivity contribution in [3.8, 4) is 0 Å². The first kappa shape index (κ1) is 11.7. The van der Waals surface area contributed by atoms with E-state index in [1.165, 1.54) is 0 Å². The van der Waals surface area contributed by atoms with Gasteiger partial charge < -0.3 is 10.4 Å². The molecule has 0 bridgehead atoms. The van der Waals surface area contributed by atoms with Gasteiger partial charge in [-0.05, 0) is 13.0 Å². The highest BCUT2D eigenvalue weighted by Crippen LogP contribution is 2.05. The molecule has 0 aliphatic heterocycles. The number of nitrogens with one attached hydrogen (secondary N) is 1. The first-order valence-electron chi connectivity index (χ1n) is 5.72. The molecule has 2 heterocycles. The summed E-state index contributed by atoms with van der Waals surface area (Å²) in [5, 5.41) is 20.6. The third kappa shape index (κ3) is 3.07. The van der Waals surface area contributed by atoms with Crippen LogP contribution in [0.5, 0.6) is 0 Å². The second kappa shape index (κ2) is 5.49. The summed E-state index contributed by atoms with van der Waals surface area (Å²) in [5.41, 5.74) is 0.989. The van der Waals surface area contributed by atoms with Gasteiger partial charge in [0.25, 0.3) is 0 Å². The molecule has 0 aliphatic carbocycles. The number of rotatable bonds is 6. The molecule has 2 N–H and O–H groups in total. The van der Waals surface area contributed by atoms with Crippen LogP contribution in [0.4, 0.5) is 5.82 Å². The molecular weight excluding hydrogens is 218 g/mol. The third-order valence-electron chi connectivity index (χ3n) is 2.44. The Hall–Kier alpha value is -1.82. The first-order valence-corrected chi connectivity index (χ1v) is 5.72. The predicted molar refractivity (Wildman–Crippen MR) is 64.5 cm³/mol. The molecule has 0 fully saturated rings. The minimum Gasteiger partial charge on any atom is -0.394 e. The SMILES string of the molecule is CCn1ccc(CNc2ccn(CCO)n2)n1. The summed E-state index contributed by atoms with van der Waals surface area (Å²) < 4.78 is 3.59. The van der Waals surface area contributed by atoms with Crippen LogP contribution in [0.25, 0.3) is 0 Å². The molecule has 0 spiro atoms. The van der Waals surface area contributed by atoms with Gasteiger partial charge in [0.2, 0.25) is 0 Å². The fraction of sp³-hybridized carbons (Fsp3) is 0.455. The van der Waals surface area contributed by atoms with E-state index in [-0.39, 0.29) is 6.61 Å². The van der Waals surface area contributed by atoms with Crippen LogP contribution in [0.3, 0.4) is 0 Å². The van der Waals surface area contributed by atoms with Gasteiger partial charge in [0.15, 0.2) is 0 Å². The minimum atomic E-state index is 0.0992. The molecule has 2 aromatic heterocycles. The van der Waals surface area contributed by atoms with Crippen LogP contribution in [0.1, 0.15) is 12.6 Å². The molecule has 17 heavy (non-hydrogen) atoms. The van der Waals surface area contributed by atoms with Crippen LogP contribution in [0.2, 0.25) is 0 Å². The van der Waals surface area contributed by atoms with Crippen LogP contribution in [-0.2, 0) is 19.6 Å². The quantitative estimate of drug-likeness (QED) is 0.773. The maximum Gasteiger partial charge on any atom is 0.148 e. The molecular formula is C11H17N5O. The Morgan fingerprint density at radius 1 is 1.24 bits per heavy atom. The summed E-state index contributed by atoms with van der Waals surface area (Å²) in [7, 11) is 0. The van der Waals surface area contributed by atoms with Crippen molar-refractivity contribution in [3.05, 3.63) is 30.2 Å². The maximum atomic E-state index is 8.77. The second-order valence-electron chi connectivity index (χ2n) is 3.70. The number of aliphatic hydroxyl groups is 1. The van der Waals surface area contributed by atoms with Gasteiger partial charge in [0, 0.05) is 25.0 Å². The summed E-state index contributed by atoms with van der Waals surface area (Å²) in [6.45, 7) is 4.21. The number of aliphatic hydroxyl groups excluding tert-OH is 1. The fourth-order valence-corrected chi connectivity index (χ4v) is 1.54. The fourth-order valence-electron chi connectivity index (χ4n) is 1.54. The topological polar surface area (TPSA) is 67.9 Å². The Morgan fingerprint density at radius 3 is 2.76 bits per heavy atom. The Bertz CT molecular complexity index is 462. The average Bonchev–Trinajstić information content (AvgIpc) is 2.95. The van der Waals surface area contributed by atoms with Gasteiger partial charge in [-0.1, -0.05) is 0 Å². The number of nitrogens with zero attached hydrogens (tertiary/aromatic N) is 4. The molecule has 0 radical (unpaired) electrons. The standard InChI is InChI=1S/C11H17N5O/c1-2-15-5-3-10(13-15)9-12-11-4-6-16(14-11)7-8-17/h3-6,17H,2,7-9H2,1H3,(H,12,14). The average molecular weight is 235 g/mol. The highest BCUT2D eigenvalue weighted by Gasteiger charge is 2.00. The van der Waals surface area contributed by atoms with E-state index < -0.39 is 0 Å². The Labute approximate surface area is 99.9 Å². The van der Waals surface area contributed by atoms with E-state index in [9.17, 15) is 0 Å². The van der Waals surface area contributed by atoms with E-state index in [0.29, 0.717) is 13.1 Å². The van der Waals surface area contributed by atoms with Gasteiger partial charge >= 0.3 is 0 Å². The number of hydrogen-bond donors (Lipinski definition) is 2. The van der Waals surface area contributed by atoms with Crippen molar-refractivity contribution in [3.63, 3.8) is 0 Å². The molecule has 0 unspecified atom stereocenters. The van der Waals surface area contributed by atoms with Crippen LogP contribution >= 0.6 is 0 Å². The van der Waals surface area contributed by atoms with E-state index in [1.54, 1.807) is 4.68 Å². The van der Waals surface area contributed by atoms with Crippen LogP contribution < -0.4 is 5.32 Å². The monoisotopic (exact) mass is 235 g/mol. The molecule has 0 amide bonds. The highest BCUT2D eigenvalue weighted by molar-refractivity contribution is 5.32. The van der Waals surface area contributed by atoms with Crippen molar-refractivity contribution in [1.82, 2.24) is 19.6 Å². The zero-order valence-electron chi connectivity index (χ0n) is 9.87.